The highest BCUT2D eigenvalue weighted by Gasteiger charge is 2.39. The van der Waals surface area contributed by atoms with Crippen LogP contribution in [0.1, 0.15) is 19.3 Å². The van der Waals surface area contributed by atoms with Crippen LogP contribution in [-0.4, -0.2) is 56.7 Å². The summed E-state index contributed by atoms with van der Waals surface area (Å²) in [6.07, 6.45) is 2.70. The van der Waals surface area contributed by atoms with Crippen molar-refractivity contribution in [2.75, 3.05) is 40.4 Å². The van der Waals surface area contributed by atoms with Crippen molar-refractivity contribution in [3.05, 3.63) is 0 Å². The van der Waals surface area contributed by atoms with E-state index in [1.54, 1.807) is 7.11 Å². The van der Waals surface area contributed by atoms with E-state index in [2.05, 4.69) is 10.2 Å². The first kappa shape index (κ1) is 13.4. The summed E-state index contributed by atoms with van der Waals surface area (Å²) in [5, 5.41) is 2.89. The maximum Gasteiger partial charge on any atom is 0.240 e. The first-order valence-electron chi connectivity index (χ1n) is 5.83. The number of nitrogens with zero attached hydrogens (tertiary/aromatic N) is 1. The number of carbonyl (C=O) groups excluding carboxylic acids is 1. The van der Waals surface area contributed by atoms with Crippen LogP contribution < -0.4 is 11.1 Å². The van der Waals surface area contributed by atoms with Crippen molar-refractivity contribution in [2.45, 2.75) is 24.8 Å². The lowest BCUT2D eigenvalue weighted by Gasteiger charge is -2.36. The Morgan fingerprint density at radius 3 is 2.69 bits per heavy atom. The van der Waals surface area contributed by atoms with E-state index in [0.29, 0.717) is 13.2 Å². The van der Waals surface area contributed by atoms with Crippen LogP contribution in [-0.2, 0) is 9.53 Å². The van der Waals surface area contributed by atoms with Gasteiger partial charge in [0.05, 0.1) is 12.1 Å². The highest BCUT2D eigenvalue weighted by molar-refractivity contribution is 5.86. The number of rotatable bonds is 7. The summed E-state index contributed by atoms with van der Waals surface area (Å²) in [6, 6.07) is 0. The van der Waals surface area contributed by atoms with E-state index in [-0.39, 0.29) is 5.91 Å². The second-order valence-corrected chi connectivity index (χ2v) is 4.56. The molecule has 16 heavy (non-hydrogen) atoms. The molecule has 0 aliphatic heterocycles. The fourth-order valence-electron chi connectivity index (χ4n) is 1.68. The molecule has 1 amide bonds. The highest BCUT2D eigenvalue weighted by atomic mass is 16.5. The van der Waals surface area contributed by atoms with Crippen LogP contribution in [0.25, 0.3) is 0 Å². The summed E-state index contributed by atoms with van der Waals surface area (Å²) in [7, 11) is 3.69. The molecule has 0 saturated heterocycles. The minimum Gasteiger partial charge on any atom is -0.383 e. The molecule has 1 aliphatic carbocycles. The summed E-state index contributed by atoms with van der Waals surface area (Å²) in [4.78, 5) is 13.8. The van der Waals surface area contributed by atoms with E-state index >= 15 is 0 Å². The fourth-order valence-corrected chi connectivity index (χ4v) is 1.68. The molecule has 1 fully saturated rings. The lowest BCUT2D eigenvalue weighted by atomic mass is 9.77. The molecule has 0 spiro atoms. The molecule has 0 bridgehead atoms. The second-order valence-electron chi connectivity index (χ2n) is 4.56. The van der Waals surface area contributed by atoms with Gasteiger partial charge in [-0.25, -0.2) is 0 Å². The topological polar surface area (TPSA) is 67.6 Å². The normalized spacial score (nSPS) is 18.2. The molecule has 1 saturated carbocycles. The predicted molar refractivity (Wildman–Crippen MR) is 63.2 cm³/mol. The molecule has 94 valence electrons. The monoisotopic (exact) mass is 229 g/mol. The number of ether oxygens (including phenoxy) is 1. The second kappa shape index (κ2) is 6.18. The molecule has 3 N–H and O–H groups in total. The fraction of sp³-hybridized carbons (Fsp3) is 0.909. The summed E-state index contributed by atoms with van der Waals surface area (Å²) in [5.41, 5.74) is 5.32. The zero-order chi connectivity index (χ0) is 12.0. The Morgan fingerprint density at radius 1 is 1.50 bits per heavy atom. The van der Waals surface area contributed by atoms with Gasteiger partial charge in [-0.3, -0.25) is 4.79 Å². The van der Waals surface area contributed by atoms with Crippen LogP contribution in [0.4, 0.5) is 0 Å². The van der Waals surface area contributed by atoms with Crippen LogP contribution in [0, 0.1) is 0 Å². The molecule has 0 aromatic carbocycles. The molecule has 0 radical (unpaired) electrons. The van der Waals surface area contributed by atoms with Gasteiger partial charge in [-0.2, -0.15) is 0 Å². The van der Waals surface area contributed by atoms with Gasteiger partial charge in [-0.15, -0.1) is 0 Å². The Balaban J connectivity index is 2.08. The minimum atomic E-state index is -0.578. The summed E-state index contributed by atoms with van der Waals surface area (Å²) in [5.74, 6) is -0.00103. The summed E-state index contributed by atoms with van der Waals surface area (Å²) >= 11 is 0. The van der Waals surface area contributed by atoms with E-state index in [1.807, 2.05) is 7.05 Å². The third-order valence-electron chi connectivity index (χ3n) is 3.15. The van der Waals surface area contributed by atoms with Gasteiger partial charge in [0.2, 0.25) is 5.91 Å². The average Bonchev–Trinajstić information content (AvgIpc) is 2.22. The van der Waals surface area contributed by atoms with Crippen molar-refractivity contribution in [3.8, 4) is 0 Å². The van der Waals surface area contributed by atoms with Crippen LogP contribution in [0.2, 0.25) is 0 Å². The summed E-state index contributed by atoms with van der Waals surface area (Å²) in [6.45, 7) is 3.06. The van der Waals surface area contributed by atoms with E-state index < -0.39 is 5.54 Å². The van der Waals surface area contributed by atoms with Gasteiger partial charge in [0.25, 0.3) is 0 Å². The quantitative estimate of drug-likeness (QED) is 0.621. The Bertz CT molecular complexity index is 229. The van der Waals surface area contributed by atoms with Crippen LogP contribution >= 0.6 is 0 Å². The van der Waals surface area contributed by atoms with E-state index in [9.17, 15) is 4.79 Å². The Hall–Kier alpha value is -0.650. The van der Waals surface area contributed by atoms with Crippen molar-refractivity contribution in [3.63, 3.8) is 0 Å². The average molecular weight is 229 g/mol. The maximum atomic E-state index is 11.7. The third kappa shape index (κ3) is 3.73. The van der Waals surface area contributed by atoms with Gasteiger partial charge in [0.1, 0.15) is 0 Å². The highest BCUT2D eigenvalue weighted by Crippen LogP contribution is 2.28. The smallest absolute Gasteiger partial charge is 0.240 e. The van der Waals surface area contributed by atoms with Crippen molar-refractivity contribution in [1.82, 2.24) is 10.2 Å². The number of likely N-dealkylation sites (N-methyl/N-ethyl adjacent to an activating group) is 1. The first-order valence-corrected chi connectivity index (χ1v) is 5.83. The van der Waals surface area contributed by atoms with Crippen LogP contribution in [0.15, 0.2) is 0 Å². The number of hydrogen-bond acceptors (Lipinski definition) is 4. The number of amides is 1. The zero-order valence-corrected chi connectivity index (χ0v) is 10.3. The molecule has 0 heterocycles. The van der Waals surface area contributed by atoms with Gasteiger partial charge >= 0.3 is 0 Å². The van der Waals surface area contributed by atoms with Crippen molar-refractivity contribution >= 4 is 5.91 Å². The molecule has 5 heteroatoms. The Morgan fingerprint density at radius 2 is 2.19 bits per heavy atom. The zero-order valence-electron chi connectivity index (χ0n) is 10.3. The van der Waals surface area contributed by atoms with Crippen molar-refractivity contribution in [1.29, 1.82) is 0 Å². The molecule has 1 aliphatic rings. The van der Waals surface area contributed by atoms with E-state index in [0.717, 1.165) is 32.4 Å². The number of nitrogens with one attached hydrogen (secondary N) is 1. The molecule has 0 aromatic rings. The number of nitrogens with two attached hydrogens (primary N) is 1. The number of carbonyl (C=O) groups is 1. The SMILES string of the molecule is COCCN(C)CCNC(=O)C1(N)CCC1. The molecule has 0 atom stereocenters. The number of methoxy groups -OCH3 is 1. The molecule has 5 nitrogen and oxygen atoms in total. The predicted octanol–water partition coefficient (Wildman–Crippen LogP) is -0.438. The molecular formula is C11H23N3O2. The van der Waals surface area contributed by atoms with Crippen LogP contribution in [0.5, 0.6) is 0 Å². The van der Waals surface area contributed by atoms with Gasteiger partial charge in [-0.1, -0.05) is 0 Å². The van der Waals surface area contributed by atoms with Gasteiger partial charge in [-0.05, 0) is 26.3 Å². The first-order chi connectivity index (χ1) is 7.58. The van der Waals surface area contributed by atoms with Gasteiger partial charge in [0.15, 0.2) is 0 Å². The van der Waals surface area contributed by atoms with Crippen molar-refractivity contribution < 1.29 is 9.53 Å². The molecule has 0 aromatic heterocycles. The van der Waals surface area contributed by atoms with E-state index in [4.69, 9.17) is 10.5 Å². The Labute approximate surface area is 97.3 Å². The van der Waals surface area contributed by atoms with Gasteiger partial charge < -0.3 is 20.7 Å². The maximum absolute atomic E-state index is 11.7. The lowest BCUT2D eigenvalue weighted by Crippen LogP contribution is -2.59. The Kier molecular flexibility index (Phi) is 5.18. The van der Waals surface area contributed by atoms with Gasteiger partial charge in [0, 0.05) is 26.7 Å². The molecule has 0 unspecified atom stereocenters. The third-order valence-corrected chi connectivity index (χ3v) is 3.15. The molecule has 1 rings (SSSR count). The van der Waals surface area contributed by atoms with E-state index in [1.165, 1.54) is 0 Å². The van der Waals surface area contributed by atoms with Crippen LogP contribution in [0.3, 0.4) is 0 Å². The minimum absolute atomic E-state index is 0.00103. The molecular weight excluding hydrogens is 206 g/mol. The standard InChI is InChI=1S/C11H23N3O2/c1-14(8-9-16-2)7-6-13-10(15)11(12)4-3-5-11/h3-9,12H2,1-2H3,(H,13,15). The largest absolute Gasteiger partial charge is 0.383 e. The van der Waals surface area contributed by atoms with Crippen molar-refractivity contribution in [2.24, 2.45) is 5.73 Å². The lowest BCUT2D eigenvalue weighted by molar-refractivity contribution is -0.129. The number of hydrogen-bond donors (Lipinski definition) is 2. The summed E-state index contributed by atoms with van der Waals surface area (Å²) < 4.78 is 4.97.